The average molecular weight is 328 g/mol. The molecule has 10 atom stereocenters. The van der Waals surface area contributed by atoms with E-state index in [-0.39, 0.29) is 22.9 Å². The van der Waals surface area contributed by atoms with Crippen LogP contribution in [-0.4, -0.2) is 27.7 Å². The van der Waals surface area contributed by atoms with E-state index in [1.165, 1.54) is 5.57 Å². The van der Waals surface area contributed by atoms with Crippen molar-refractivity contribution in [1.82, 2.24) is 0 Å². The van der Waals surface area contributed by atoms with Crippen LogP contribution in [0.4, 0.5) is 0 Å². The number of fused-ring (bicyclic) bond motifs is 10. The summed E-state index contributed by atoms with van der Waals surface area (Å²) >= 11 is 0. The monoisotopic (exact) mass is 328 g/mol. The Morgan fingerprint density at radius 1 is 1.21 bits per heavy atom. The Morgan fingerprint density at radius 2 is 2.00 bits per heavy atom. The smallest absolute Gasteiger partial charge is 0.142 e. The summed E-state index contributed by atoms with van der Waals surface area (Å²) in [6, 6.07) is 0. The molecule has 5 fully saturated rings. The molecule has 6 rings (SSSR count). The first kappa shape index (κ1) is 14.5. The number of rotatable bonds is 0. The molecule has 0 heterocycles. The molecule has 0 saturated heterocycles. The number of hydrogen-bond acceptors (Lipinski definition) is 3. The van der Waals surface area contributed by atoms with Crippen molar-refractivity contribution >= 4 is 5.78 Å². The predicted octanol–water partition coefficient (Wildman–Crippen LogP) is 2.71. The van der Waals surface area contributed by atoms with Gasteiger partial charge < -0.3 is 10.2 Å². The maximum absolute atomic E-state index is 12.9. The molecule has 0 spiro atoms. The predicted molar refractivity (Wildman–Crippen MR) is 88.9 cm³/mol. The minimum atomic E-state index is -0.750. The molecule has 3 heteroatoms. The summed E-state index contributed by atoms with van der Waals surface area (Å²) in [5, 5.41) is 21.8. The summed E-state index contributed by atoms with van der Waals surface area (Å²) in [5.41, 5.74) is 0.504. The van der Waals surface area contributed by atoms with Crippen molar-refractivity contribution in [3.63, 3.8) is 0 Å². The molecule has 24 heavy (non-hydrogen) atoms. The Balaban J connectivity index is 1.46. The van der Waals surface area contributed by atoms with Crippen LogP contribution < -0.4 is 0 Å². The van der Waals surface area contributed by atoms with Crippen LogP contribution in [0.1, 0.15) is 52.4 Å². The highest BCUT2D eigenvalue weighted by atomic mass is 16.3. The van der Waals surface area contributed by atoms with E-state index in [9.17, 15) is 15.0 Å². The Hall–Kier alpha value is -0.670. The van der Waals surface area contributed by atoms with Gasteiger partial charge in [0.2, 0.25) is 0 Å². The van der Waals surface area contributed by atoms with E-state index in [2.05, 4.69) is 19.9 Å². The first-order valence-corrected chi connectivity index (χ1v) is 9.98. The van der Waals surface area contributed by atoms with E-state index < -0.39 is 5.60 Å². The summed E-state index contributed by atoms with van der Waals surface area (Å²) in [5.74, 6) is 3.26. The van der Waals surface area contributed by atoms with Crippen LogP contribution in [0.2, 0.25) is 0 Å². The highest BCUT2D eigenvalue weighted by Gasteiger charge is 2.76. The minimum absolute atomic E-state index is 0.0945. The quantitative estimate of drug-likeness (QED) is 0.672. The van der Waals surface area contributed by atoms with Gasteiger partial charge >= 0.3 is 0 Å². The molecule has 2 N–H and O–H groups in total. The van der Waals surface area contributed by atoms with E-state index in [0.717, 1.165) is 32.1 Å². The fraction of sp³-hybridized carbons (Fsp3) is 0.857. The van der Waals surface area contributed by atoms with Crippen molar-refractivity contribution in [2.24, 2.45) is 46.3 Å². The van der Waals surface area contributed by atoms with Gasteiger partial charge in [-0.05, 0) is 55.8 Å². The SMILES string of the molecule is CC12CCC3C(C4=CC4C4(O)CC(O)CCC34C)C1C1CC1C2=O. The summed E-state index contributed by atoms with van der Waals surface area (Å²) in [6.45, 7) is 4.54. The standard InChI is InChI=1S/C21H28O3/c1-19-5-4-14-16(17(19)11-7-12(11)18(19)23)13-8-15(13)21(24)9-10(22)3-6-20(14,21)2/h8,10-12,14-17,22,24H,3-7,9H2,1-2H3. The topological polar surface area (TPSA) is 57.5 Å². The largest absolute Gasteiger partial charge is 0.393 e. The van der Waals surface area contributed by atoms with Crippen molar-refractivity contribution in [1.29, 1.82) is 0 Å². The fourth-order valence-corrected chi connectivity index (χ4v) is 8.21. The summed E-state index contributed by atoms with van der Waals surface area (Å²) in [6.07, 6.45) is 7.42. The number of carbonyl (C=O) groups excluding carboxylic acids is 1. The number of ketones is 1. The second kappa shape index (κ2) is 3.86. The molecule has 5 saturated carbocycles. The lowest BCUT2D eigenvalue weighted by Crippen LogP contribution is -2.64. The molecule has 0 aromatic heterocycles. The van der Waals surface area contributed by atoms with Crippen molar-refractivity contribution in [2.45, 2.75) is 64.1 Å². The van der Waals surface area contributed by atoms with Gasteiger partial charge in [-0.2, -0.15) is 0 Å². The van der Waals surface area contributed by atoms with Crippen LogP contribution in [0.15, 0.2) is 11.6 Å². The van der Waals surface area contributed by atoms with Gasteiger partial charge in [-0.3, -0.25) is 4.79 Å². The van der Waals surface area contributed by atoms with Gasteiger partial charge in [0, 0.05) is 29.1 Å². The Morgan fingerprint density at radius 3 is 2.79 bits per heavy atom. The molecule has 10 unspecified atom stereocenters. The first-order valence-electron chi connectivity index (χ1n) is 9.98. The van der Waals surface area contributed by atoms with Crippen LogP contribution in [-0.2, 0) is 4.79 Å². The molecule has 130 valence electrons. The molecule has 6 aliphatic carbocycles. The molecule has 0 aromatic carbocycles. The van der Waals surface area contributed by atoms with Gasteiger partial charge in [0.15, 0.2) is 0 Å². The van der Waals surface area contributed by atoms with E-state index in [1.807, 2.05) is 0 Å². The lowest BCUT2D eigenvalue weighted by molar-refractivity contribution is -0.208. The number of aliphatic hydroxyl groups excluding tert-OH is 1. The molecule has 0 radical (unpaired) electrons. The highest BCUT2D eigenvalue weighted by Crippen LogP contribution is 2.77. The van der Waals surface area contributed by atoms with E-state index in [0.29, 0.717) is 41.8 Å². The third-order valence-electron chi connectivity index (χ3n) is 9.59. The number of aliphatic hydroxyl groups is 2. The molecule has 3 nitrogen and oxygen atoms in total. The molecule has 6 aliphatic rings. The third kappa shape index (κ3) is 1.33. The first-order chi connectivity index (χ1) is 11.3. The molecular formula is C21H28O3. The van der Waals surface area contributed by atoms with Crippen molar-refractivity contribution in [3.8, 4) is 0 Å². The summed E-state index contributed by atoms with van der Waals surface area (Å²) in [7, 11) is 0. The number of Topliss-reactive ketones (excluding diaryl/α,β-unsaturated/α-hetero) is 1. The van der Waals surface area contributed by atoms with E-state index >= 15 is 0 Å². The Labute approximate surface area is 143 Å². The molecule has 0 aliphatic heterocycles. The lowest BCUT2D eigenvalue weighted by Gasteiger charge is -2.63. The minimum Gasteiger partial charge on any atom is -0.393 e. The van der Waals surface area contributed by atoms with Gasteiger partial charge in [0.25, 0.3) is 0 Å². The highest BCUT2D eigenvalue weighted by molar-refractivity contribution is 5.93. The van der Waals surface area contributed by atoms with Crippen LogP contribution in [0.3, 0.4) is 0 Å². The maximum Gasteiger partial charge on any atom is 0.142 e. The van der Waals surface area contributed by atoms with Gasteiger partial charge in [-0.25, -0.2) is 0 Å². The zero-order valence-electron chi connectivity index (χ0n) is 14.7. The van der Waals surface area contributed by atoms with Gasteiger partial charge in [0.1, 0.15) is 5.78 Å². The third-order valence-corrected chi connectivity index (χ3v) is 9.59. The van der Waals surface area contributed by atoms with Crippen molar-refractivity contribution < 1.29 is 15.0 Å². The van der Waals surface area contributed by atoms with E-state index in [4.69, 9.17) is 0 Å². The molecule has 0 amide bonds. The molecule has 0 aromatic rings. The Kier molecular flexibility index (Phi) is 2.33. The normalized spacial score (nSPS) is 65.8. The summed E-state index contributed by atoms with van der Waals surface area (Å²) in [4.78, 5) is 12.9. The summed E-state index contributed by atoms with van der Waals surface area (Å²) < 4.78 is 0. The number of hydrogen-bond donors (Lipinski definition) is 2. The van der Waals surface area contributed by atoms with Crippen LogP contribution in [0, 0.1) is 46.3 Å². The second-order valence-corrected chi connectivity index (χ2v) is 10.4. The average Bonchev–Trinajstić information content (AvgIpc) is 3.41. The fourth-order valence-electron chi connectivity index (χ4n) is 8.21. The number of carbonyl (C=O) groups is 1. The van der Waals surface area contributed by atoms with Crippen LogP contribution in [0.5, 0.6) is 0 Å². The maximum atomic E-state index is 12.9. The zero-order chi connectivity index (χ0) is 16.6. The zero-order valence-corrected chi connectivity index (χ0v) is 14.7. The van der Waals surface area contributed by atoms with Gasteiger partial charge in [-0.15, -0.1) is 0 Å². The van der Waals surface area contributed by atoms with Gasteiger partial charge in [-0.1, -0.05) is 25.5 Å². The lowest BCUT2D eigenvalue weighted by atomic mass is 9.43. The van der Waals surface area contributed by atoms with Crippen LogP contribution in [0.25, 0.3) is 0 Å². The molecular weight excluding hydrogens is 300 g/mol. The van der Waals surface area contributed by atoms with Crippen molar-refractivity contribution in [3.05, 3.63) is 11.6 Å². The Bertz CT molecular complexity index is 697. The molecule has 0 bridgehead atoms. The van der Waals surface area contributed by atoms with Gasteiger partial charge in [0.05, 0.1) is 11.7 Å². The van der Waals surface area contributed by atoms with E-state index in [1.54, 1.807) is 0 Å². The second-order valence-electron chi connectivity index (χ2n) is 10.4. The van der Waals surface area contributed by atoms with Crippen molar-refractivity contribution in [2.75, 3.05) is 0 Å². The van der Waals surface area contributed by atoms with Crippen LogP contribution >= 0.6 is 0 Å².